The van der Waals surface area contributed by atoms with Crippen LogP contribution in [0.4, 0.5) is 0 Å². The van der Waals surface area contributed by atoms with Gasteiger partial charge in [0.25, 0.3) is 5.91 Å². The minimum absolute atomic E-state index is 0.0381. The van der Waals surface area contributed by atoms with Gasteiger partial charge < -0.3 is 19.1 Å². The maximum absolute atomic E-state index is 12.7. The molecule has 0 radical (unpaired) electrons. The highest BCUT2D eigenvalue weighted by molar-refractivity contribution is 7.89. The lowest BCUT2D eigenvalue weighted by Crippen LogP contribution is -2.45. The Morgan fingerprint density at radius 2 is 1.96 bits per heavy atom. The molecule has 1 atom stereocenters. The van der Waals surface area contributed by atoms with E-state index in [2.05, 4.69) is 4.72 Å². The summed E-state index contributed by atoms with van der Waals surface area (Å²) < 4.78 is 43.6. The first-order valence-corrected chi connectivity index (χ1v) is 10.8. The zero-order valence-corrected chi connectivity index (χ0v) is 17.0. The summed E-state index contributed by atoms with van der Waals surface area (Å²) in [6, 6.07) is 6.23. The number of carbonyl (C=O) groups excluding carboxylic acids is 1. The summed E-state index contributed by atoms with van der Waals surface area (Å²) in [6.07, 6.45) is 1.66. The molecule has 2 heterocycles. The number of allylic oxidation sites excluding steroid dienone is 1. The molecule has 9 heteroatoms. The Bertz CT molecular complexity index is 834. The fourth-order valence-electron chi connectivity index (χ4n) is 3.34. The minimum Gasteiger partial charge on any atom is -0.497 e. The third kappa shape index (κ3) is 4.77. The quantitative estimate of drug-likeness (QED) is 0.764. The number of hydrogen-bond donors (Lipinski definition) is 1. The molecule has 1 fully saturated rings. The number of amides is 1. The fourth-order valence-corrected chi connectivity index (χ4v) is 4.46. The van der Waals surface area contributed by atoms with Gasteiger partial charge in [0, 0.05) is 19.6 Å². The van der Waals surface area contributed by atoms with Crippen LogP contribution < -0.4 is 9.46 Å². The zero-order valence-electron chi connectivity index (χ0n) is 16.1. The van der Waals surface area contributed by atoms with Crippen LogP contribution in [0.2, 0.25) is 0 Å². The summed E-state index contributed by atoms with van der Waals surface area (Å²) in [4.78, 5) is 14.6. The molecule has 8 nitrogen and oxygen atoms in total. The Balaban J connectivity index is 1.59. The van der Waals surface area contributed by atoms with Gasteiger partial charge in [-0.1, -0.05) is 0 Å². The van der Waals surface area contributed by atoms with Crippen molar-refractivity contribution in [2.24, 2.45) is 5.92 Å². The van der Waals surface area contributed by atoms with Crippen LogP contribution >= 0.6 is 0 Å². The van der Waals surface area contributed by atoms with Gasteiger partial charge in [-0.2, -0.15) is 0 Å². The van der Waals surface area contributed by atoms with Crippen LogP contribution in [-0.2, 0) is 24.3 Å². The normalized spacial score (nSPS) is 20.4. The van der Waals surface area contributed by atoms with E-state index in [1.807, 2.05) is 0 Å². The molecule has 1 aromatic carbocycles. The summed E-state index contributed by atoms with van der Waals surface area (Å²) >= 11 is 0. The number of hydrogen-bond acceptors (Lipinski definition) is 6. The van der Waals surface area contributed by atoms with Crippen LogP contribution in [0.1, 0.15) is 19.8 Å². The molecule has 1 amide bonds. The van der Waals surface area contributed by atoms with Crippen LogP contribution in [0.15, 0.2) is 40.7 Å². The highest BCUT2D eigenvalue weighted by atomic mass is 32.2. The molecule has 28 heavy (non-hydrogen) atoms. The van der Waals surface area contributed by atoms with Crippen molar-refractivity contribution in [2.45, 2.75) is 24.7 Å². The van der Waals surface area contributed by atoms with E-state index < -0.39 is 10.0 Å². The van der Waals surface area contributed by atoms with E-state index in [1.165, 1.54) is 19.2 Å². The molecule has 2 aliphatic rings. The molecule has 154 valence electrons. The lowest BCUT2D eigenvalue weighted by molar-refractivity contribution is -0.134. The third-order valence-electron chi connectivity index (χ3n) is 4.90. The topological polar surface area (TPSA) is 94.2 Å². The van der Waals surface area contributed by atoms with Crippen LogP contribution in [0.3, 0.4) is 0 Å². The van der Waals surface area contributed by atoms with E-state index in [9.17, 15) is 13.2 Å². The Morgan fingerprint density at radius 1 is 1.25 bits per heavy atom. The zero-order chi connectivity index (χ0) is 20.1. The van der Waals surface area contributed by atoms with Crippen molar-refractivity contribution in [2.75, 3.05) is 40.0 Å². The van der Waals surface area contributed by atoms with Crippen LogP contribution in [0, 0.1) is 5.92 Å². The lowest BCUT2D eigenvalue weighted by Gasteiger charge is -2.34. The highest BCUT2D eigenvalue weighted by Crippen LogP contribution is 2.22. The second-order valence-corrected chi connectivity index (χ2v) is 8.64. The summed E-state index contributed by atoms with van der Waals surface area (Å²) in [7, 11) is -2.09. The number of sulfonamides is 1. The lowest BCUT2D eigenvalue weighted by atomic mass is 9.98. The molecule has 0 aliphatic carbocycles. The van der Waals surface area contributed by atoms with Gasteiger partial charge in [0.05, 0.1) is 12.0 Å². The predicted molar refractivity (Wildman–Crippen MR) is 102 cm³/mol. The number of ether oxygens (including phenoxy) is 3. The smallest absolute Gasteiger partial charge is 0.292 e. The number of benzene rings is 1. The number of nitrogens with zero attached hydrogens (tertiary/aromatic N) is 1. The van der Waals surface area contributed by atoms with Crippen molar-refractivity contribution >= 4 is 15.9 Å². The second-order valence-electron chi connectivity index (χ2n) is 6.87. The van der Waals surface area contributed by atoms with Crippen molar-refractivity contribution < 1.29 is 27.4 Å². The van der Waals surface area contributed by atoms with Gasteiger partial charge in [-0.3, -0.25) is 4.79 Å². The number of nitrogens with one attached hydrogen (secondary N) is 1. The number of rotatable bonds is 6. The van der Waals surface area contributed by atoms with Crippen LogP contribution in [0.25, 0.3) is 0 Å². The molecule has 1 aromatic rings. The molecule has 0 spiro atoms. The van der Waals surface area contributed by atoms with E-state index in [-0.39, 0.29) is 29.0 Å². The van der Waals surface area contributed by atoms with Gasteiger partial charge in [0.1, 0.15) is 24.7 Å². The molecule has 0 aromatic heterocycles. The minimum atomic E-state index is -3.61. The maximum atomic E-state index is 12.7. The molecular weight excluding hydrogens is 384 g/mol. The van der Waals surface area contributed by atoms with Crippen molar-refractivity contribution in [3.63, 3.8) is 0 Å². The van der Waals surface area contributed by atoms with E-state index in [0.717, 1.165) is 12.8 Å². The second kappa shape index (κ2) is 8.83. The van der Waals surface area contributed by atoms with Gasteiger partial charge in [0.15, 0.2) is 0 Å². The first-order chi connectivity index (χ1) is 13.4. The van der Waals surface area contributed by atoms with Gasteiger partial charge in [-0.15, -0.1) is 0 Å². The molecule has 0 unspecified atom stereocenters. The van der Waals surface area contributed by atoms with Crippen LogP contribution in [0.5, 0.6) is 5.75 Å². The van der Waals surface area contributed by atoms with E-state index in [4.69, 9.17) is 14.2 Å². The third-order valence-corrected chi connectivity index (χ3v) is 6.34. The highest BCUT2D eigenvalue weighted by Gasteiger charge is 2.30. The van der Waals surface area contributed by atoms with Gasteiger partial charge >= 0.3 is 0 Å². The average molecular weight is 410 g/mol. The van der Waals surface area contributed by atoms with Gasteiger partial charge in [-0.25, -0.2) is 13.1 Å². The average Bonchev–Trinajstić information content (AvgIpc) is 2.72. The number of likely N-dealkylation sites (tertiary alicyclic amines) is 1. The summed E-state index contributed by atoms with van der Waals surface area (Å²) in [6.45, 7) is 3.89. The van der Waals surface area contributed by atoms with E-state index >= 15 is 0 Å². The Hall–Kier alpha value is -2.26. The summed E-state index contributed by atoms with van der Waals surface area (Å²) in [5.74, 6) is 1.19. The summed E-state index contributed by atoms with van der Waals surface area (Å²) in [5, 5.41) is 0. The largest absolute Gasteiger partial charge is 0.497 e. The Labute approximate surface area is 165 Å². The van der Waals surface area contributed by atoms with Crippen molar-refractivity contribution in [1.82, 2.24) is 9.62 Å². The van der Waals surface area contributed by atoms with Crippen LogP contribution in [-0.4, -0.2) is 59.2 Å². The number of piperidine rings is 1. The number of methoxy groups -OCH3 is 1. The molecule has 1 saturated heterocycles. The molecular formula is C19H26N2O6S. The monoisotopic (exact) mass is 410 g/mol. The van der Waals surface area contributed by atoms with Gasteiger partial charge in [0.2, 0.25) is 15.8 Å². The fraction of sp³-hybridized carbons (Fsp3) is 0.526. The Kier molecular flexibility index (Phi) is 6.46. The first-order valence-electron chi connectivity index (χ1n) is 9.30. The molecule has 2 aliphatic heterocycles. The first kappa shape index (κ1) is 20.5. The molecule has 0 bridgehead atoms. The molecule has 0 saturated carbocycles. The summed E-state index contributed by atoms with van der Waals surface area (Å²) in [5.41, 5.74) is 0. The maximum Gasteiger partial charge on any atom is 0.292 e. The van der Waals surface area contributed by atoms with Crippen molar-refractivity contribution in [1.29, 1.82) is 0 Å². The van der Waals surface area contributed by atoms with Gasteiger partial charge in [-0.05, 0) is 49.9 Å². The molecule has 1 N–H and O–H groups in total. The Morgan fingerprint density at radius 3 is 2.64 bits per heavy atom. The SMILES string of the molecule is COc1ccc(S(=O)(=O)NC[C@@H]2CCCN(C(=O)C3=C(C)OCCO3)C2)cc1. The van der Waals surface area contributed by atoms with Crippen molar-refractivity contribution in [3.05, 3.63) is 35.8 Å². The molecule has 3 rings (SSSR count). The predicted octanol–water partition coefficient (Wildman–Crippen LogP) is 1.49. The number of carbonyl (C=O) groups is 1. The standard InChI is InChI=1S/C19H26N2O6S/c1-14-18(27-11-10-26-14)19(22)21-9-3-4-15(13-21)12-20-28(23,24)17-7-5-16(25-2)6-8-17/h5-8,15,20H,3-4,9-13H2,1-2H3/t15-/m0/s1. The van der Waals surface area contributed by atoms with E-state index in [1.54, 1.807) is 24.0 Å². The van der Waals surface area contributed by atoms with Crippen molar-refractivity contribution in [3.8, 4) is 5.75 Å². The van der Waals surface area contributed by atoms with E-state index in [0.29, 0.717) is 37.8 Å².